The highest BCUT2D eigenvalue weighted by Crippen LogP contribution is 2.32. The standard InChI is InChI=1S/C17H16N6O/c1-11-8-19-17(22-13-3-2-6-18-9-13)23-16(11)21-12-4-5-15-14(7-12)20-10-24-15/h2-9,20H,10H2,1H3,(H2,19,21,22,23). The molecule has 0 bridgehead atoms. The number of aromatic nitrogens is 3. The molecule has 7 heteroatoms. The zero-order valence-electron chi connectivity index (χ0n) is 13.1. The molecule has 0 amide bonds. The lowest BCUT2D eigenvalue weighted by Gasteiger charge is -2.11. The van der Waals surface area contributed by atoms with Crippen LogP contribution < -0.4 is 20.7 Å². The first-order chi connectivity index (χ1) is 11.8. The summed E-state index contributed by atoms with van der Waals surface area (Å²) in [7, 11) is 0. The molecule has 4 rings (SSSR count). The van der Waals surface area contributed by atoms with Crippen LogP contribution in [-0.4, -0.2) is 21.7 Å². The summed E-state index contributed by atoms with van der Waals surface area (Å²) in [6.07, 6.45) is 5.23. The van der Waals surface area contributed by atoms with Crippen LogP contribution in [0.25, 0.3) is 0 Å². The van der Waals surface area contributed by atoms with Gasteiger partial charge in [-0.1, -0.05) is 0 Å². The maximum absolute atomic E-state index is 5.43. The van der Waals surface area contributed by atoms with Crippen LogP contribution in [0, 0.1) is 6.92 Å². The molecule has 0 atom stereocenters. The number of nitrogens with zero attached hydrogens (tertiary/aromatic N) is 3. The maximum atomic E-state index is 5.43. The molecule has 0 saturated carbocycles. The Hall–Kier alpha value is -3.35. The first kappa shape index (κ1) is 14.3. The van der Waals surface area contributed by atoms with Crippen molar-refractivity contribution in [2.75, 3.05) is 22.7 Å². The van der Waals surface area contributed by atoms with Crippen molar-refractivity contribution in [2.45, 2.75) is 6.92 Å². The number of fused-ring (bicyclic) bond motifs is 1. The fraction of sp³-hybridized carbons (Fsp3) is 0.118. The van der Waals surface area contributed by atoms with E-state index in [-0.39, 0.29) is 0 Å². The second-order valence-corrected chi connectivity index (χ2v) is 5.39. The maximum Gasteiger partial charge on any atom is 0.229 e. The third-order valence-corrected chi connectivity index (χ3v) is 3.62. The minimum atomic E-state index is 0.504. The molecular weight excluding hydrogens is 304 g/mol. The first-order valence-electron chi connectivity index (χ1n) is 7.56. The summed E-state index contributed by atoms with van der Waals surface area (Å²) >= 11 is 0. The van der Waals surface area contributed by atoms with Crippen molar-refractivity contribution < 1.29 is 4.74 Å². The van der Waals surface area contributed by atoms with Gasteiger partial charge in [0, 0.05) is 23.6 Å². The van der Waals surface area contributed by atoms with Crippen LogP contribution in [0.1, 0.15) is 5.56 Å². The molecule has 0 aliphatic carbocycles. The van der Waals surface area contributed by atoms with Crippen molar-refractivity contribution in [3.05, 3.63) is 54.5 Å². The highest BCUT2D eigenvalue weighted by atomic mass is 16.5. The van der Waals surface area contributed by atoms with Crippen LogP contribution >= 0.6 is 0 Å². The van der Waals surface area contributed by atoms with Crippen LogP contribution in [0.15, 0.2) is 48.9 Å². The Balaban J connectivity index is 1.57. The molecule has 0 saturated heterocycles. The average Bonchev–Trinajstić information content (AvgIpc) is 3.06. The molecule has 7 nitrogen and oxygen atoms in total. The molecule has 3 heterocycles. The predicted octanol–water partition coefficient (Wildman–Crippen LogP) is 3.43. The van der Waals surface area contributed by atoms with E-state index in [1.54, 1.807) is 18.6 Å². The van der Waals surface area contributed by atoms with Crippen molar-refractivity contribution in [1.82, 2.24) is 15.0 Å². The highest BCUT2D eigenvalue weighted by molar-refractivity contribution is 5.70. The summed E-state index contributed by atoms with van der Waals surface area (Å²) in [6.45, 7) is 2.47. The Bertz CT molecular complexity index is 868. The zero-order valence-corrected chi connectivity index (χ0v) is 13.1. The summed E-state index contributed by atoms with van der Waals surface area (Å²) in [4.78, 5) is 12.9. The normalized spacial score (nSPS) is 12.0. The molecule has 3 N–H and O–H groups in total. The van der Waals surface area contributed by atoms with E-state index in [2.05, 4.69) is 30.9 Å². The van der Waals surface area contributed by atoms with E-state index in [9.17, 15) is 0 Å². The third kappa shape index (κ3) is 2.91. The Kier molecular flexibility index (Phi) is 3.59. The van der Waals surface area contributed by atoms with Gasteiger partial charge in [0.05, 0.1) is 17.6 Å². The van der Waals surface area contributed by atoms with Crippen molar-refractivity contribution >= 4 is 28.8 Å². The van der Waals surface area contributed by atoms with E-state index in [0.717, 1.165) is 34.2 Å². The third-order valence-electron chi connectivity index (χ3n) is 3.62. The molecule has 2 aromatic heterocycles. The number of pyridine rings is 1. The van der Waals surface area contributed by atoms with Gasteiger partial charge in [0.15, 0.2) is 6.73 Å². The van der Waals surface area contributed by atoms with Crippen LogP contribution in [0.2, 0.25) is 0 Å². The topological polar surface area (TPSA) is 84.0 Å². The van der Waals surface area contributed by atoms with Crippen LogP contribution in [0.4, 0.5) is 28.8 Å². The summed E-state index contributed by atoms with van der Waals surface area (Å²) in [5.74, 6) is 2.12. The van der Waals surface area contributed by atoms with Gasteiger partial charge >= 0.3 is 0 Å². The van der Waals surface area contributed by atoms with E-state index in [0.29, 0.717) is 12.7 Å². The zero-order chi connectivity index (χ0) is 16.4. The predicted molar refractivity (Wildman–Crippen MR) is 93.1 cm³/mol. The lowest BCUT2D eigenvalue weighted by Crippen LogP contribution is -2.03. The number of aryl methyl sites for hydroxylation is 1. The number of nitrogens with one attached hydrogen (secondary N) is 3. The first-order valence-corrected chi connectivity index (χ1v) is 7.56. The summed E-state index contributed by atoms with van der Waals surface area (Å²) in [5.41, 5.74) is 3.70. The van der Waals surface area contributed by atoms with Gasteiger partial charge in [-0.05, 0) is 37.3 Å². The second-order valence-electron chi connectivity index (χ2n) is 5.39. The van der Waals surface area contributed by atoms with Gasteiger partial charge < -0.3 is 20.7 Å². The van der Waals surface area contributed by atoms with Gasteiger partial charge in [0.2, 0.25) is 5.95 Å². The average molecular weight is 320 g/mol. The smallest absolute Gasteiger partial charge is 0.229 e. The second kappa shape index (κ2) is 6.04. The monoisotopic (exact) mass is 320 g/mol. The molecule has 120 valence electrons. The van der Waals surface area contributed by atoms with Crippen molar-refractivity contribution in [3.63, 3.8) is 0 Å². The minimum absolute atomic E-state index is 0.504. The molecule has 1 aliphatic heterocycles. The quantitative estimate of drug-likeness (QED) is 0.679. The molecule has 0 unspecified atom stereocenters. The molecule has 1 aliphatic rings. The van der Waals surface area contributed by atoms with E-state index < -0.39 is 0 Å². The molecule has 0 spiro atoms. The van der Waals surface area contributed by atoms with Crippen molar-refractivity contribution in [3.8, 4) is 5.75 Å². The van der Waals surface area contributed by atoms with E-state index in [1.807, 2.05) is 37.3 Å². The molecule has 24 heavy (non-hydrogen) atoms. The number of ether oxygens (including phenoxy) is 1. The Morgan fingerprint density at radius 2 is 2.08 bits per heavy atom. The molecular formula is C17H16N6O. The number of hydrogen-bond donors (Lipinski definition) is 3. The largest absolute Gasteiger partial charge is 0.471 e. The molecule has 1 aromatic carbocycles. The van der Waals surface area contributed by atoms with Gasteiger partial charge in [-0.15, -0.1) is 0 Å². The fourth-order valence-corrected chi connectivity index (χ4v) is 2.39. The SMILES string of the molecule is Cc1cnc(Nc2cccnc2)nc1Nc1ccc2c(c1)NCO2. The van der Waals surface area contributed by atoms with Gasteiger partial charge in [-0.3, -0.25) is 4.98 Å². The van der Waals surface area contributed by atoms with Gasteiger partial charge in [-0.2, -0.15) is 4.98 Å². The molecule has 0 fully saturated rings. The van der Waals surface area contributed by atoms with Crippen molar-refractivity contribution in [2.24, 2.45) is 0 Å². The van der Waals surface area contributed by atoms with Crippen LogP contribution in [-0.2, 0) is 0 Å². The fourth-order valence-electron chi connectivity index (χ4n) is 2.39. The Labute approximate surface area is 139 Å². The van der Waals surface area contributed by atoms with Crippen LogP contribution in [0.5, 0.6) is 5.75 Å². The lowest BCUT2D eigenvalue weighted by molar-refractivity contribution is 0.372. The highest BCUT2D eigenvalue weighted by Gasteiger charge is 2.12. The number of hydrogen-bond acceptors (Lipinski definition) is 7. The minimum Gasteiger partial charge on any atom is -0.471 e. The van der Waals surface area contributed by atoms with Gasteiger partial charge in [-0.25, -0.2) is 4.98 Å². The Morgan fingerprint density at radius 3 is 2.96 bits per heavy atom. The molecule has 3 aromatic rings. The van der Waals surface area contributed by atoms with Crippen LogP contribution in [0.3, 0.4) is 0 Å². The van der Waals surface area contributed by atoms with Gasteiger partial charge in [0.1, 0.15) is 11.6 Å². The van der Waals surface area contributed by atoms with E-state index in [4.69, 9.17) is 4.74 Å². The van der Waals surface area contributed by atoms with Crippen molar-refractivity contribution in [1.29, 1.82) is 0 Å². The summed E-state index contributed by atoms with van der Waals surface area (Å²) in [5, 5.41) is 9.64. The Morgan fingerprint density at radius 1 is 1.12 bits per heavy atom. The number of anilines is 5. The summed E-state index contributed by atoms with van der Waals surface area (Å²) in [6, 6.07) is 9.66. The number of rotatable bonds is 4. The number of benzene rings is 1. The van der Waals surface area contributed by atoms with E-state index >= 15 is 0 Å². The van der Waals surface area contributed by atoms with Gasteiger partial charge in [0.25, 0.3) is 0 Å². The lowest BCUT2D eigenvalue weighted by atomic mass is 10.2. The summed E-state index contributed by atoms with van der Waals surface area (Å²) < 4.78 is 5.43. The molecule has 0 radical (unpaired) electrons. The van der Waals surface area contributed by atoms with E-state index in [1.165, 1.54) is 0 Å².